The van der Waals surface area contributed by atoms with Crippen LogP contribution in [0.15, 0.2) is 58.5 Å². The Morgan fingerprint density at radius 2 is 2.06 bits per heavy atom. The van der Waals surface area contributed by atoms with Gasteiger partial charge in [-0.15, -0.1) is 0 Å². The molecule has 4 rings (SSSR count). The van der Waals surface area contributed by atoms with Crippen molar-refractivity contribution in [3.05, 3.63) is 69.5 Å². The third-order valence-electron chi connectivity index (χ3n) is 5.24. The number of nitrogens with one attached hydrogen (secondary N) is 1. The SMILES string of the molecule is CCOCCCn1c(SC(C(=O)NC2CC2)c2ccccc2)nc2cc(Cl)ccc2c1=O. The number of ether oxygens (including phenoxy) is 1. The van der Waals surface area contributed by atoms with E-state index in [1.54, 1.807) is 22.8 Å². The number of hydrogen-bond acceptors (Lipinski definition) is 5. The molecule has 32 heavy (non-hydrogen) atoms. The molecule has 0 radical (unpaired) electrons. The maximum Gasteiger partial charge on any atom is 0.262 e. The van der Waals surface area contributed by atoms with Gasteiger partial charge in [0, 0.05) is 30.8 Å². The lowest BCUT2D eigenvalue weighted by atomic mass is 10.1. The fourth-order valence-electron chi connectivity index (χ4n) is 3.44. The minimum absolute atomic E-state index is 0.0648. The van der Waals surface area contributed by atoms with Crippen molar-refractivity contribution in [2.24, 2.45) is 0 Å². The zero-order valence-electron chi connectivity index (χ0n) is 17.9. The largest absolute Gasteiger partial charge is 0.382 e. The lowest BCUT2D eigenvalue weighted by molar-refractivity contribution is -0.120. The summed E-state index contributed by atoms with van der Waals surface area (Å²) < 4.78 is 7.11. The number of thioether (sulfide) groups is 1. The second-order valence-electron chi connectivity index (χ2n) is 7.75. The average Bonchev–Trinajstić information content (AvgIpc) is 3.60. The van der Waals surface area contributed by atoms with E-state index in [0.717, 1.165) is 18.4 Å². The number of halogens is 1. The molecule has 1 aliphatic rings. The lowest BCUT2D eigenvalue weighted by Gasteiger charge is -2.19. The summed E-state index contributed by atoms with van der Waals surface area (Å²) in [7, 11) is 0. The van der Waals surface area contributed by atoms with E-state index < -0.39 is 5.25 Å². The number of carbonyl (C=O) groups is 1. The molecule has 168 valence electrons. The van der Waals surface area contributed by atoms with Gasteiger partial charge in [-0.2, -0.15) is 0 Å². The summed E-state index contributed by atoms with van der Waals surface area (Å²) in [6, 6.07) is 14.9. The predicted octanol–water partition coefficient (Wildman–Crippen LogP) is 4.59. The van der Waals surface area contributed by atoms with E-state index in [0.29, 0.717) is 47.3 Å². The summed E-state index contributed by atoms with van der Waals surface area (Å²) in [5.41, 5.74) is 1.26. The van der Waals surface area contributed by atoms with Crippen LogP contribution in [0.2, 0.25) is 5.02 Å². The average molecular weight is 472 g/mol. The molecule has 0 saturated heterocycles. The number of carbonyl (C=O) groups excluding carboxylic acids is 1. The Morgan fingerprint density at radius 3 is 2.78 bits per heavy atom. The van der Waals surface area contributed by atoms with Crippen LogP contribution in [0.5, 0.6) is 0 Å². The Labute approximate surface area is 196 Å². The molecule has 3 aromatic rings. The van der Waals surface area contributed by atoms with E-state index in [1.807, 2.05) is 37.3 Å². The van der Waals surface area contributed by atoms with Crippen LogP contribution in [-0.2, 0) is 16.1 Å². The second-order valence-corrected chi connectivity index (χ2v) is 9.26. The van der Waals surface area contributed by atoms with Crippen molar-refractivity contribution in [1.82, 2.24) is 14.9 Å². The van der Waals surface area contributed by atoms with Gasteiger partial charge in [0.1, 0.15) is 5.25 Å². The highest BCUT2D eigenvalue weighted by Gasteiger charge is 2.30. The van der Waals surface area contributed by atoms with Crippen LogP contribution < -0.4 is 10.9 Å². The summed E-state index contributed by atoms with van der Waals surface area (Å²) in [6.45, 7) is 3.58. The number of hydrogen-bond donors (Lipinski definition) is 1. The van der Waals surface area contributed by atoms with Crippen molar-refractivity contribution in [2.75, 3.05) is 13.2 Å². The third kappa shape index (κ3) is 5.52. The lowest BCUT2D eigenvalue weighted by Crippen LogP contribution is -2.31. The van der Waals surface area contributed by atoms with Crippen molar-refractivity contribution in [3.63, 3.8) is 0 Å². The zero-order valence-corrected chi connectivity index (χ0v) is 19.5. The Balaban J connectivity index is 1.73. The second kappa shape index (κ2) is 10.5. The topological polar surface area (TPSA) is 73.2 Å². The fraction of sp³-hybridized carbons (Fsp3) is 0.375. The monoisotopic (exact) mass is 471 g/mol. The van der Waals surface area contributed by atoms with Crippen molar-refractivity contribution in [2.45, 2.75) is 49.2 Å². The van der Waals surface area contributed by atoms with Crippen molar-refractivity contribution >= 4 is 40.2 Å². The highest BCUT2D eigenvalue weighted by Crippen LogP contribution is 2.36. The number of fused-ring (bicyclic) bond motifs is 1. The molecule has 2 aromatic carbocycles. The maximum absolute atomic E-state index is 13.3. The van der Waals surface area contributed by atoms with Gasteiger partial charge < -0.3 is 10.1 Å². The van der Waals surface area contributed by atoms with Gasteiger partial charge in [-0.3, -0.25) is 14.2 Å². The van der Waals surface area contributed by atoms with Crippen LogP contribution in [0, 0.1) is 0 Å². The van der Waals surface area contributed by atoms with Gasteiger partial charge in [0.2, 0.25) is 5.91 Å². The molecular formula is C24H26ClN3O3S. The van der Waals surface area contributed by atoms with E-state index in [4.69, 9.17) is 21.3 Å². The van der Waals surface area contributed by atoms with Crippen molar-refractivity contribution < 1.29 is 9.53 Å². The molecule has 1 atom stereocenters. The summed E-state index contributed by atoms with van der Waals surface area (Å²) in [5.74, 6) is -0.0648. The van der Waals surface area contributed by atoms with Gasteiger partial charge >= 0.3 is 0 Å². The Morgan fingerprint density at radius 1 is 1.28 bits per heavy atom. The van der Waals surface area contributed by atoms with E-state index in [2.05, 4.69) is 5.32 Å². The minimum Gasteiger partial charge on any atom is -0.382 e. The third-order valence-corrected chi connectivity index (χ3v) is 6.72. The van der Waals surface area contributed by atoms with Gasteiger partial charge in [-0.05, 0) is 49.9 Å². The number of rotatable bonds is 10. The summed E-state index contributed by atoms with van der Waals surface area (Å²) >= 11 is 7.46. The molecule has 1 saturated carbocycles. The molecule has 8 heteroatoms. The first-order valence-corrected chi connectivity index (χ1v) is 12.1. The molecular weight excluding hydrogens is 446 g/mol. The minimum atomic E-state index is -0.515. The molecule has 0 aliphatic heterocycles. The highest BCUT2D eigenvalue weighted by atomic mass is 35.5. The first-order chi connectivity index (χ1) is 15.6. The van der Waals surface area contributed by atoms with E-state index in [1.165, 1.54) is 11.8 Å². The fourth-order valence-corrected chi connectivity index (χ4v) is 4.74. The Bertz CT molecular complexity index is 1150. The normalized spacial score (nSPS) is 14.4. The molecule has 1 amide bonds. The van der Waals surface area contributed by atoms with Crippen LogP contribution in [0.1, 0.15) is 37.0 Å². The van der Waals surface area contributed by atoms with Crippen LogP contribution in [0.25, 0.3) is 10.9 Å². The van der Waals surface area contributed by atoms with E-state index in [9.17, 15) is 9.59 Å². The number of amides is 1. The first kappa shape index (κ1) is 22.8. The maximum atomic E-state index is 13.3. The van der Waals surface area contributed by atoms with Gasteiger partial charge in [0.25, 0.3) is 5.56 Å². The van der Waals surface area contributed by atoms with Crippen molar-refractivity contribution in [3.8, 4) is 0 Å². The smallest absolute Gasteiger partial charge is 0.262 e. The molecule has 1 heterocycles. The summed E-state index contributed by atoms with van der Waals surface area (Å²) in [5, 5.41) is 4.11. The van der Waals surface area contributed by atoms with Crippen LogP contribution in [-0.4, -0.2) is 34.7 Å². The standard InChI is InChI=1S/C24H26ClN3O3S/c1-2-31-14-6-13-28-23(30)19-12-9-17(25)15-20(19)27-24(28)32-21(16-7-4-3-5-8-16)22(29)26-18-10-11-18/h3-5,7-9,12,15,18,21H,2,6,10-11,13-14H2,1H3,(H,26,29). The van der Waals surface area contributed by atoms with E-state index >= 15 is 0 Å². The van der Waals surface area contributed by atoms with Gasteiger partial charge in [0.15, 0.2) is 5.16 Å². The Kier molecular flexibility index (Phi) is 7.50. The predicted molar refractivity (Wildman–Crippen MR) is 128 cm³/mol. The van der Waals surface area contributed by atoms with Gasteiger partial charge in [0.05, 0.1) is 10.9 Å². The van der Waals surface area contributed by atoms with Gasteiger partial charge in [-0.1, -0.05) is 53.7 Å². The molecule has 6 nitrogen and oxygen atoms in total. The Hall–Kier alpha value is -2.35. The quantitative estimate of drug-likeness (QED) is 0.266. The van der Waals surface area contributed by atoms with Crippen LogP contribution >= 0.6 is 23.4 Å². The number of benzene rings is 2. The molecule has 1 unspecified atom stereocenters. The molecule has 1 N–H and O–H groups in total. The first-order valence-electron chi connectivity index (χ1n) is 10.9. The molecule has 0 spiro atoms. The number of nitrogens with zero attached hydrogens (tertiary/aromatic N) is 2. The molecule has 1 aliphatic carbocycles. The number of aromatic nitrogens is 2. The molecule has 0 bridgehead atoms. The van der Waals surface area contributed by atoms with Gasteiger partial charge in [-0.25, -0.2) is 4.98 Å². The van der Waals surface area contributed by atoms with Crippen LogP contribution in [0.4, 0.5) is 0 Å². The zero-order chi connectivity index (χ0) is 22.5. The highest BCUT2D eigenvalue weighted by molar-refractivity contribution is 8.00. The van der Waals surface area contributed by atoms with E-state index in [-0.39, 0.29) is 17.5 Å². The van der Waals surface area contributed by atoms with Crippen molar-refractivity contribution in [1.29, 1.82) is 0 Å². The summed E-state index contributed by atoms with van der Waals surface area (Å²) in [6.07, 6.45) is 2.69. The summed E-state index contributed by atoms with van der Waals surface area (Å²) in [4.78, 5) is 31.2. The molecule has 1 fully saturated rings. The van der Waals surface area contributed by atoms with Crippen LogP contribution in [0.3, 0.4) is 0 Å². The molecule has 1 aromatic heterocycles.